The smallest absolute Gasteiger partial charge is 0.326 e. The van der Waals surface area contributed by atoms with Crippen molar-refractivity contribution in [3.63, 3.8) is 0 Å². The van der Waals surface area contributed by atoms with Crippen molar-refractivity contribution in [1.82, 2.24) is 5.32 Å². The molecular weight excluding hydrogens is 266 g/mol. The molecule has 0 radical (unpaired) electrons. The number of Topliss-reactive ketones (excluding diaryl/α,β-unsaturated/α-hetero) is 1. The van der Waals surface area contributed by atoms with E-state index in [0.717, 1.165) is 11.3 Å². The number of carbonyl (C=O) groups is 3. The minimum atomic E-state index is -1.24. The Morgan fingerprint density at radius 1 is 1.47 bits per heavy atom. The summed E-state index contributed by atoms with van der Waals surface area (Å²) in [7, 11) is 0. The Bertz CT molecular complexity index is 457. The molecule has 0 aliphatic rings. The zero-order chi connectivity index (χ0) is 13.0. The van der Waals surface area contributed by atoms with Crippen molar-refractivity contribution >= 4 is 40.6 Å². The molecule has 0 saturated heterocycles. The molecule has 1 heterocycles. The number of thiophene rings is 1. The highest BCUT2D eigenvalue weighted by Crippen LogP contribution is 2.22. The van der Waals surface area contributed by atoms with Crippen molar-refractivity contribution in [3.05, 3.63) is 21.3 Å². The molecule has 0 fully saturated rings. The van der Waals surface area contributed by atoms with Gasteiger partial charge in [0.2, 0.25) is 5.91 Å². The third-order valence-corrected chi connectivity index (χ3v) is 3.19. The Hall–Kier alpha value is -1.40. The normalized spacial score (nSPS) is 11.9. The quantitative estimate of drug-likeness (QED) is 0.799. The van der Waals surface area contributed by atoms with Gasteiger partial charge in [0.1, 0.15) is 6.04 Å². The number of ketones is 1. The van der Waals surface area contributed by atoms with E-state index in [1.54, 1.807) is 6.07 Å². The number of carboxylic acids is 1. The van der Waals surface area contributed by atoms with E-state index >= 15 is 0 Å². The molecule has 1 atom stereocenters. The molecule has 1 unspecified atom stereocenters. The van der Waals surface area contributed by atoms with Crippen molar-refractivity contribution in [2.75, 3.05) is 0 Å². The van der Waals surface area contributed by atoms with E-state index in [1.807, 2.05) is 0 Å². The summed E-state index contributed by atoms with van der Waals surface area (Å²) in [6.07, 6.45) is -0.286. The fraction of sp³-hybridized carbons (Fsp3) is 0.300. The molecule has 1 rings (SSSR count). The van der Waals surface area contributed by atoms with Gasteiger partial charge >= 0.3 is 5.97 Å². The van der Waals surface area contributed by atoms with Crippen LogP contribution in [0.5, 0.6) is 0 Å². The van der Waals surface area contributed by atoms with E-state index in [0.29, 0.717) is 9.21 Å². The van der Waals surface area contributed by atoms with Gasteiger partial charge in [0, 0.05) is 13.3 Å². The van der Waals surface area contributed by atoms with Crippen LogP contribution in [0.4, 0.5) is 0 Å². The zero-order valence-corrected chi connectivity index (χ0v) is 10.5. The zero-order valence-electron chi connectivity index (χ0n) is 8.90. The fourth-order valence-electron chi connectivity index (χ4n) is 1.20. The molecule has 1 amide bonds. The van der Waals surface area contributed by atoms with Gasteiger partial charge in [0.25, 0.3) is 0 Å². The van der Waals surface area contributed by atoms with Gasteiger partial charge in [-0.25, -0.2) is 4.79 Å². The Kier molecular flexibility index (Phi) is 4.65. The van der Waals surface area contributed by atoms with Crippen LogP contribution in [0.15, 0.2) is 12.1 Å². The number of carboxylic acid groups (broad SMARTS) is 1. The minimum Gasteiger partial charge on any atom is -0.480 e. The highest BCUT2D eigenvalue weighted by Gasteiger charge is 2.23. The topological polar surface area (TPSA) is 83.5 Å². The molecule has 5 nitrogen and oxygen atoms in total. The Morgan fingerprint density at radius 2 is 2.12 bits per heavy atom. The summed E-state index contributed by atoms with van der Waals surface area (Å²) in [5, 5.41) is 11.0. The van der Waals surface area contributed by atoms with Crippen LogP contribution in [0, 0.1) is 0 Å². The van der Waals surface area contributed by atoms with Gasteiger partial charge in [0.15, 0.2) is 5.78 Å². The lowest BCUT2D eigenvalue weighted by molar-refractivity contribution is -0.141. The first-order valence-electron chi connectivity index (χ1n) is 4.68. The Labute approximate surface area is 106 Å². The maximum absolute atomic E-state index is 11.7. The second-order valence-corrected chi connectivity index (χ2v) is 5.04. The number of carbonyl (C=O) groups excluding carboxylic acids is 2. The van der Waals surface area contributed by atoms with Crippen LogP contribution in [0.1, 0.15) is 23.0 Å². The number of amides is 1. The summed E-state index contributed by atoms with van der Waals surface area (Å²) in [5.74, 6) is -2.09. The lowest BCUT2D eigenvalue weighted by Crippen LogP contribution is -2.41. The standard InChI is InChI=1S/C10H10ClNO4S/c1-5(13)12-6(10(15)16)4-7(14)8-2-3-9(11)17-8/h2-3,6H,4H2,1H3,(H,12,13)(H,15,16). The van der Waals surface area contributed by atoms with Crippen LogP contribution in [0.2, 0.25) is 4.34 Å². The van der Waals surface area contributed by atoms with Gasteiger partial charge in [0.05, 0.1) is 9.21 Å². The van der Waals surface area contributed by atoms with E-state index < -0.39 is 17.9 Å². The number of halogens is 1. The molecule has 0 spiro atoms. The van der Waals surface area contributed by atoms with Crippen molar-refractivity contribution in [3.8, 4) is 0 Å². The average molecular weight is 276 g/mol. The third-order valence-electron chi connectivity index (χ3n) is 1.91. The molecule has 92 valence electrons. The van der Waals surface area contributed by atoms with E-state index in [4.69, 9.17) is 16.7 Å². The summed E-state index contributed by atoms with van der Waals surface area (Å²) in [4.78, 5) is 33.7. The number of aliphatic carboxylic acids is 1. The average Bonchev–Trinajstić information content (AvgIpc) is 2.63. The minimum absolute atomic E-state index is 0.286. The van der Waals surface area contributed by atoms with Gasteiger partial charge < -0.3 is 10.4 Å². The molecule has 17 heavy (non-hydrogen) atoms. The molecule has 1 aromatic rings. The predicted octanol–water partition coefficient (Wildman–Crippen LogP) is 1.56. The molecule has 0 aliphatic heterocycles. The number of hydrogen-bond acceptors (Lipinski definition) is 4. The highest BCUT2D eigenvalue weighted by atomic mass is 35.5. The van der Waals surface area contributed by atoms with Gasteiger partial charge in [-0.3, -0.25) is 9.59 Å². The largest absolute Gasteiger partial charge is 0.480 e. The van der Waals surface area contributed by atoms with E-state index in [9.17, 15) is 14.4 Å². The lowest BCUT2D eigenvalue weighted by atomic mass is 10.1. The highest BCUT2D eigenvalue weighted by molar-refractivity contribution is 7.18. The second-order valence-electron chi connectivity index (χ2n) is 3.32. The summed E-state index contributed by atoms with van der Waals surface area (Å²) >= 11 is 6.75. The number of rotatable bonds is 5. The first-order chi connectivity index (χ1) is 7.90. The first-order valence-corrected chi connectivity index (χ1v) is 5.88. The predicted molar refractivity (Wildman–Crippen MR) is 63.5 cm³/mol. The van der Waals surface area contributed by atoms with Crippen molar-refractivity contribution < 1.29 is 19.5 Å². The van der Waals surface area contributed by atoms with E-state index in [2.05, 4.69) is 5.32 Å². The summed E-state index contributed by atoms with van der Waals surface area (Å²) < 4.78 is 0.458. The fourth-order valence-corrected chi connectivity index (χ4v) is 2.19. The van der Waals surface area contributed by atoms with Crippen LogP contribution in [-0.2, 0) is 9.59 Å². The van der Waals surface area contributed by atoms with Crippen molar-refractivity contribution in [1.29, 1.82) is 0 Å². The molecule has 0 bridgehead atoms. The molecule has 0 saturated carbocycles. The van der Waals surface area contributed by atoms with E-state index in [1.165, 1.54) is 13.0 Å². The van der Waals surface area contributed by atoms with Crippen molar-refractivity contribution in [2.45, 2.75) is 19.4 Å². The second kappa shape index (κ2) is 5.79. The first kappa shape index (κ1) is 13.7. The molecule has 7 heteroatoms. The van der Waals surface area contributed by atoms with E-state index in [-0.39, 0.29) is 12.2 Å². The molecule has 1 aromatic heterocycles. The van der Waals surface area contributed by atoms with Crippen LogP contribution in [0.3, 0.4) is 0 Å². The number of hydrogen-bond donors (Lipinski definition) is 2. The molecule has 0 aliphatic carbocycles. The van der Waals surface area contributed by atoms with Gasteiger partial charge in [-0.1, -0.05) is 11.6 Å². The van der Waals surface area contributed by atoms with Crippen LogP contribution in [0.25, 0.3) is 0 Å². The SMILES string of the molecule is CC(=O)NC(CC(=O)c1ccc(Cl)s1)C(=O)O. The maximum Gasteiger partial charge on any atom is 0.326 e. The Balaban J connectivity index is 2.70. The summed E-state index contributed by atoms with van der Waals surface area (Å²) in [6.45, 7) is 1.20. The number of nitrogens with one attached hydrogen (secondary N) is 1. The molecule has 2 N–H and O–H groups in total. The third kappa shape index (κ3) is 4.16. The van der Waals surface area contributed by atoms with Gasteiger partial charge in [-0.05, 0) is 12.1 Å². The molecule has 0 aromatic carbocycles. The van der Waals surface area contributed by atoms with Gasteiger partial charge in [-0.2, -0.15) is 0 Å². The maximum atomic E-state index is 11.7. The Morgan fingerprint density at radius 3 is 2.53 bits per heavy atom. The summed E-state index contributed by atoms with van der Waals surface area (Å²) in [6, 6.07) is 1.89. The van der Waals surface area contributed by atoms with Crippen LogP contribution >= 0.6 is 22.9 Å². The van der Waals surface area contributed by atoms with Gasteiger partial charge in [-0.15, -0.1) is 11.3 Å². The monoisotopic (exact) mass is 275 g/mol. The summed E-state index contributed by atoms with van der Waals surface area (Å²) in [5.41, 5.74) is 0. The van der Waals surface area contributed by atoms with Crippen molar-refractivity contribution in [2.24, 2.45) is 0 Å². The lowest BCUT2D eigenvalue weighted by Gasteiger charge is -2.11. The van der Waals surface area contributed by atoms with Crippen LogP contribution < -0.4 is 5.32 Å². The van der Waals surface area contributed by atoms with Crippen LogP contribution in [-0.4, -0.2) is 28.8 Å². The molecular formula is C10H10ClNO4S.